The average molecular weight is 248 g/mol. The van der Waals surface area contributed by atoms with Crippen LogP contribution in [-0.4, -0.2) is 24.5 Å². The molecule has 0 amide bonds. The van der Waals surface area contributed by atoms with E-state index in [9.17, 15) is 26.7 Å². The molecule has 0 saturated carbocycles. The van der Waals surface area contributed by atoms with E-state index in [0.29, 0.717) is 6.08 Å². The summed E-state index contributed by atoms with van der Waals surface area (Å²) in [4.78, 5) is 10.6. The lowest BCUT2D eigenvalue weighted by atomic mass is 10.4. The molecule has 94 valence electrons. The van der Waals surface area contributed by atoms with Crippen LogP contribution >= 0.6 is 0 Å². The van der Waals surface area contributed by atoms with E-state index in [2.05, 4.69) is 16.1 Å². The molecule has 0 spiro atoms. The summed E-state index contributed by atoms with van der Waals surface area (Å²) in [6.07, 6.45) is -12.9. The molecule has 0 aliphatic carbocycles. The molecule has 0 N–H and O–H groups in total. The number of carbonyl (C=O) groups is 1. The standard InChI is InChI=1S/C8H9F5O3/c1-3-5(14)15-6(4-2)16-8(12,13)7(9,10)11/h3,6H,1,4H2,2H3. The van der Waals surface area contributed by atoms with Gasteiger partial charge in [-0.25, -0.2) is 4.79 Å². The van der Waals surface area contributed by atoms with E-state index in [0.717, 1.165) is 0 Å². The largest absolute Gasteiger partial charge is 0.483 e. The van der Waals surface area contributed by atoms with Gasteiger partial charge in [0, 0.05) is 12.5 Å². The van der Waals surface area contributed by atoms with Crippen LogP contribution in [0.2, 0.25) is 0 Å². The highest BCUT2D eigenvalue weighted by Crippen LogP contribution is 2.37. The molecule has 0 aromatic heterocycles. The van der Waals surface area contributed by atoms with Gasteiger partial charge in [-0.1, -0.05) is 13.5 Å². The zero-order valence-corrected chi connectivity index (χ0v) is 8.18. The predicted molar refractivity (Wildman–Crippen MR) is 42.5 cm³/mol. The van der Waals surface area contributed by atoms with E-state index in [1.165, 1.54) is 6.92 Å². The lowest BCUT2D eigenvalue weighted by Gasteiger charge is -2.24. The number of alkyl halides is 5. The van der Waals surface area contributed by atoms with Gasteiger partial charge in [-0.3, -0.25) is 4.74 Å². The molecule has 8 heteroatoms. The van der Waals surface area contributed by atoms with Crippen molar-refractivity contribution in [3.05, 3.63) is 12.7 Å². The van der Waals surface area contributed by atoms with Crippen molar-refractivity contribution >= 4 is 5.97 Å². The van der Waals surface area contributed by atoms with Crippen LogP contribution < -0.4 is 0 Å². The molecule has 16 heavy (non-hydrogen) atoms. The van der Waals surface area contributed by atoms with Crippen molar-refractivity contribution in [1.29, 1.82) is 0 Å². The predicted octanol–water partition coefficient (Wildman–Crippen LogP) is 2.62. The minimum Gasteiger partial charge on any atom is -0.432 e. The number of hydrogen-bond acceptors (Lipinski definition) is 3. The average Bonchev–Trinajstić information content (AvgIpc) is 2.14. The fourth-order valence-corrected chi connectivity index (χ4v) is 0.600. The summed E-state index contributed by atoms with van der Waals surface area (Å²) in [6.45, 7) is 4.17. The van der Waals surface area contributed by atoms with Crippen molar-refractivity contribution in [2.75, 3.05) is 0 Å². The first kappa shape index (κ1) is 14.8. The van der Waals surface area contributed by atoms with E-state index in [-0.39, 0.29) is 6.42 Å². The number of carbonyl (C=O) groups excluding carboxylic acids is 1. The summed E-state index contributed by atoms with van der Waals surface area (Å²) in [5.41, 5.74) is 0. The van der Waals surface area contributed by atoms with Gasteiger partial charge in [0.1, 0.15) is 0 Å². The molecule has 0 rings (SSSR count). The molecule has 0 radical (unpaired) electrons. The van der Waals surface area contributed by atoms with Gasteiger partial charge in [-0.05, 0) is 0 Å². The molecule has 0 aliphatic heterocycles. The molecular weight excluding hydrogens is 239 g/mol. The lowest BCUT2D eigenvalue weighted by molar-refractivity contribution is -0.419. The van der Waals surface area contributed by atoms with Gasteiger partial charge in [-0.15, -0.1) is 0 Å². The summed E-state index contributed by atoms with van der Waals surface area (Å²) in [5, 5.41) is 0. The number of ether oxygens (including phenoxy) is 2. The van der Waals surface area contributed by atoms with E-state index in [1.54, 1.807) is 0 Å². The molecule has 1 atom stereocenters. The number of halogens is 5. The van der Waals surface area contributed by atoms with Crippen LogP contribution in [0.1, 0.15) is 13.3 Å². The molecule has 0 fully saturated rings. The summed E-state index contributed by atoms with van der Waals surface area (Å²) >= 11 is 0. The Morgan fingerprint density at radius 3 is 2.19 bits per heavy atom. The molecule has 3 nitrogen and oxygen atoms in total. The first-order chi connectivity index (χ1) is 7.14. The summed E-state index contributed by atoms with van der Waals surface area (Å²) in [6, 6.07) is 0. The Balaban J connectivity index is 4.54. The maximum absolute atomic E-state index is 12.4. The molecule has 0 bridgehead atoms. The van der Waals surface area contributed by atoms with Crippen molar-refractivity contribution in [2.45, 2.75) is 31.9 Å². The fraction of sp³-hybridized carbons (Fsp3) is 0.625. The highest BCUT2D eigenvalue weighted by Gasteiger charge is 2.60. The van der Waals surface area contributed by atoms with Crippen LogP contribution in [0.4, 0.5) is 22.0 Å². The first-order valence-electron chi connectivity index (χ1n) is 4.09. The van der Waals surface area contributed by atoms with E-state index in [4.69, 9.17) is 0 Å². The van der Waals surface area contributed by atoms with E-state index >= 15 is 0 Å². The van der Waals surface area contributed by atoms with Crippen molar-refractivity contribution < 1.29 is 36.2 Å². The molecule has 0 heterocycles. The van der Waals surface area contributed by atoms with Gasteiger partial charge in [-0.2, -0.15) is 22.0 Å². The zero-order chi connectivity index (χ0) is 13.0. The second-order valence-corrected chi connectivity index (χ2v) is 2.61. The second-order valence-electron chi connectivity index (χ2n) is 2.61. The quantitative estimate of drug-likeness (QED) is 0.324. The Bertz CT molecular complexity index is 261. The monoisotopic (exact) mass is 248 g/mol. The van der Waals surface area contributed by atoms with Gasteiger partial charge in [0.15, 0.2) is 0 Å². The topological polar surface area (TPSA) is 35.5 Å². The Kier molecular flexibility index (Phi) is 4.85. The Morgan fingerprint density at radius 1 is 1.38 bits per heavy atom. The highest BCUT2D eigenvalue weighted by atomic mass is 19.4. The number of esters is 1. The van der Waals surface area contributed by atoms with E-state index in [1.807, 2.05) is 0 Å². The van der Waals surface area contributed by atoms with Gasteiger partial charge in [0.05, 0.1) is 0 Å². The SMILES string of the molecule is C=CC(=O)OC(CC)OC(F)(F)C(F)(F)F. The Hall–Kier alpha value is -1.18. The lowest BCUT2D eigenvalue weighted by Crippen LogP contribution is -2.43. The third kappa shape index (κ3) is 4.13. The Labute approximate surface area is 87.8 Å². The minimum atomic E-state index is -5.86. The van der Waals surface area contributed by atoms with Crippen molar-refractivity contribution in [1.82, 2.24) is 0 Å². The zero-order valence-electron chi connectivity index (χ0n) is 8.18. The fourth-order valence-electron chi connectivity index (χ4n) is 0.600. The van der Waals surface area contributed by atoms with Gasteiger partial charge >= 0.3 is 18.3 Å². The summed E-state index contributed by atoms with van der Waals surface area (Å²) < 4.78 is 67.4. The first-order valence-corrected chi connectivity index (χ1v) is 4.09. The summed E-state index contributed by atoms with van der Waals surface area (Å²) in [5.74, 6) is -1.15. The second kappa shape index (κ2) is 5.24. The number of rotatable bonds is 5. The smallest absolute Gasteiger partial charge is 0.432 e. The maximum Gasteiger partial charge on any atom is 0.483 e. The van der Waals surface area contributed by atoms with Crippen LogP contribution in [-0.2, 0) is 14.3 Å². The third-order valence-corrected chi connectivity index (χ3v) is 1.36. The van der Waals surface area contributed by atoms with Gasteiger partial charge in [0.2, 0.25) is 6.29 Å². The van der Waals surface area contributed by atoms with Crippen LogP contribution in [0.25, 0.3) is 0 Å². The van der Waals surface area contributed by atoms with Crippen LogP contribution in [0.5, 0.6) is 0 Å². The van der Waals surface area contributed by atoms with Gasteiger partial charge < -0.3 is 4.74 Å². The van der Waals surface area contributed by atoms with Crippen LogP contribution in [0, 0.1) is 0 Å². The van der Waals surface area contributed by atoms with Gasteiger partial charge in [0.25, 0.3) is 0 Å². The molecule has 0 saturated heterocycles. The van der Waals surface area contributed by atoms with Crippen molar-refractivity contribution in [2.24, 2.45) is 0 Å². The van der Waals surface area contributed by atoms with E-state index < -0.39 is 24.5 Å². The minimum absolute atomic E-state index is 0.356. The Morgan fingerprint density at radius 2 is 1.88 bits per heavy atom. The highest BCUT2D eigenvalue weighted by molar-refractivity contribution is 5.81. The molecule has 1 unspecified atom stereocenters. The van der Waals surface area contributed by atoms with Crippen molar-refractivity contribution in [3.63, 3.8) is 0 Å². The maximum atomic E-state index is 12.4. The summed E-state index contributed by atoms with van der Waals surface area (Å²) in [7, 11) is 0. The molecular formula is C8H9F5O3. The molecule has 0 aromatic rings. The van der Waals surface area contributed by atoms with Crippen LogP contribution in [0.3, 0.4) is 0 Å². The van der Waals surface area contributed by atoms with Crippen LogP contribution in [0.15, 0.2) is 12.7 Å². The normalized spacial score (nSPS) is 14.4. The number of hydrogen-bond donors (Lipinski definition) is 0. The van der Waals surface area contributed by atoms with Crippen molar-refractivity contribution in [3.8, 4) is 0 Å². The third-order valence-electron chi connectivity index (χ3n) is 1.36. The molecule has 0 aliphatic rings. The molecule has 0 aromatic carbocycles.